The van der Waals surface area contributed by atoms with Gasteiger partial charge in [0.15, 0.2) is 0 Å². The maximum absolute atomic E-state index is 12.3. The first-order chi connectivity index (χ1) is 12.8. The summed E-state index contributed by atoms with van der Waals surface area (Å²) in [6, 6.07) is 7.32. The van der Waals surface area contributed by atoms with E-state index in [1.807, 2.05) is 10.7 Å². The molecule has 1 atom stereocenters. The lowest BCUT2D eigenvalue weighted by Crippen LogP contribution is -2.37. The summed E-state index contributed by atoms with van der Waals surface area (Å²) in [6.07, 6.45) is 8.50. The molecule has 0 unspecified atom stereocenters. The largest absolute Gasteiger partial charge is 0.352 e. The summed E-state index contributed by atoms with van der Waals surface area (Å²) in [5.74, 6) is 0.747. The van der Waals surface area contributed by atoms with Crippen molar-refractivity contribution in [2.75, 3.05) is 18.0 Å². The second kappa shape index (κ2) is 7.30. The third kappa shape index (κ3) is 3.53. The Kier molecular flexibility index (Phi) is 4.55. The van der Waals surface area contributed by atoms with Crippen molar-refractivity contribution in [2.45, 2.75) is 13.1 Å². The second-order valence-corrected chi connectivity index (χ2v) is 6.25. The van der Waals surface area contributed by atoms with Gasteiger partial charge in [0.05, 0.1) is 17.8 Å². The number of hydrogen-bond donors (Lipinski definition) is 1. The van der Waals surface area contributed by atoms with Gasteiger partial charge in [0.1, 0.15) is 0 Å². The molecule has 3 aromatic heterocycles. The SMILES string of the molecule is O=C(NC[C@@H]1CN(c2ncccn2)Cc2ccnn2C1)c1cccnc1. The van der Waals surface area contributed by atoms with E-state index >= 15 is 0 Å². The molecule has 1 aliphatic rings. The van der Waals surface area contributed by atoms with Crippen molar-refractivity contribution in [3.05, 3.63) is 66.5 Å². The number of carbonyl (C=O) groups excluding carboxylic acids is 1. The number of anilines is 1. The minimum atomic E-state index is -0.120. The molecule has 0 saturated carbocycles. The van der Waals surface area contributed by atoms with Gasteiger partial charge in [-0.05, 0) is 24.3 Å². The van der Waals surface area contributed by atoms with Crippen LogP contribution in [0.1, 0.15) is 16.1 Å². The van der Waals surface area contributed by atoms with E-state index in [1.54, 1.807) is 49.2 Å². The van der Waals surface area contributed by atoms with E-state index in [9.17, 15) is 4.79 Å². The Bertz CT molecular complexity index is 866. The summed E-state index contributed by atoms with van der Waals surface area (Å²) in [7, 11) is 0. The number of rotatable bonds is 4. The molecule has 4 rings (SSSR count). The van der Waals surface area contributed by atoms with Crippen molar-refractivity contribution in [1.29, 1.82) is 0 Å². The van der Waals surface area contributed by atoms with E-state index in [0.29, 0.717) is 24.6 Å². The molecular weight excluding hydrogens is 330 g/mol. The maximum atomic E-state index is 12.3. The summed E-state index contributed by atoms with van der Waals surface area (Å²) in [6.45, 7) is 2.70. The van der Waals surface area contributed by atoms with Crippen molar-refractivity contribution >= 4 is 11.9 Å². The third-order valence-electron chi connectivity index (χ3n) is 4.38. The van der Waals surface area contributed by atoms with Crippen LogP contribution < -0.4 is 10.2 Å². The van der Waals surface area contributed by atoms with Gasteiger partial charge in [0.25, 0.3) is 5.91 Å². The lowest BCUT2D eigenvalue weighted by atomic mass is 10.1. The molecule has 0 aromatic carbocycles. The molecule has 8 nitrogen and oxygen atoms in total. The molecule has 132 valence electrons. The minimum Gasteiger partial charge on any atom is -0.352 e. The maximum Gasteiger partial charge on any atom is 0.252 e. The van der Waals surface area contributed by atoms with E-state index < -0.39 is 0 Å². The predicted octanol–water partition coefficient (Wildman–Crippen LogP) is 1.13. The van der Waals surface area contributed by atoms with Crippen LogP contribution in [0.15, 0.2) is 55.2 Å². The molecule has 0 fully saturated rings. The number of amides is 1. The first-order valence-corrected chi connectivity index (χ1v) is 8.50. The zero-order chi connectivity index (χ0) is 17.8. The number of fused-ring (bicyclic) bond motifs is 1. The zero-order valence-electron chi connectivity index (χ0n) is 14.2. The molecule has 4 heterocycles. The molecule has 26 heavy (non-hydrogen) atoms. The fraction of sp³-hybridized carbons (Fsp3) is 0.278. The van der Waals surface area contributed by atoms with E-state index in [4.69, 9.17) is 0 Å². The Morgan fingerprint density at radius 3 is 2.81 bits per heavy atom. The van der Waals surface area contributed by atoms with Crippen molar-refractivity contribution in [1.82, 2.24) is 30.0 Å². The van der Waals surface area contributed by atoms with E-state index in [1.165, 1.54) is 0 Å². The van der Waals surface area contributed by atoms with E-state index in [-0.39, 0.29) is 11.8 Å². The number of aromatic nitrogens is 5. The van der Waals surface area contributed by atoms with Crippen LogP contribution in [0, 0.1) is 5.92 Å². The Labute approximate surface area is 150 Å². The van der Waals surface area contributed by atoms with Gasteiger partial charge in [-0.25, -0.2) is 9.97 Å². The number of hydrogen-bond acceptors (Lipinski definition) is 6. The standard InChI is InChI=1S/C18H19N7O/c26-17(15-3-1-5-19-10-15)22-9-14-11-24(18-20-6-2-7-21-18)13-16-4-8-23-25(16)12-14/h1-8,10,14H,9,11-13H2,(H,22,26)/t14-/m1/s1. The normalized spacial score (nSPS) is 16.6. The summed E-state index contributed by atoms with van der Waals surface area (Å²) >= 11 is 0. The quantitative estimate of drug-likeness (QED) is 0.760. The molecule has 0 spiro atoms. The fourth-order valence-corrected chi connectivity index (χ4v) is 3.10. The zero-order valence-corrected chi connectivity index (χ0v) is 14.2. The molecule has 0 aliphatic carbocycles. The summed E-state index contributed by atoms with van der Waals surface area (Å²) in [5.41, 5.74) is 1.67. The average molecular weight is 349 g/mol. The van der Waals surface area contributed by atoms with Crippen LogP contribution in [0.4, 0.5) is 5.95 Å². The lowest BCUT2D eigenvalue weighted by Gasteiger charge is -2.24. The Morgan fingerprint density at radius 2 is 2.00 bits per heavy atom. The van der Waals surface area contributed by atoms with Gasteiger partial charge in [-0.15, -0.1) is 0 Å². The molecule has 0 radical (unpaired) electrons. The fourth-order valence-electron chi connectivity index (χ4n) is 3.10. The number of pyridine rings is 1. The molecular formula is C18H19N7O. The number of carbonyl (C=O) groups is 1. The van der Waals surface area contributed by atoms with Gasteiger partial charge in [-0.3, -0.25) is 14.5 Å². The highest BCUT2D eigenvalue weighted by Gasteiger charge is 2.24. The van der Waals surface area contributed by atoms with Crippen molar-refractivity contribution < 1.29 is 4.79 Å². The summed E-state index contributed by atoms with van der Waals surface area (Å²) in [4.78, 5) is 27.2. The lowest BCUT2D eigenvalue weighted by molar-refractivity contribution is 0.0945. The molecule has 0 saturated heterocycles. The van der Waals surface area contributed by atoms with Crippen LogP contribution in [-0.2, 0) is 13.1 Å². The molecule has 1 amide bonds. The molecule has 0 bridgehead atoms. The molecule has 8 heteroatoms. The van der Waals surface area contributed by atoms with Crippen LogP contribution in [0.3, 0.4) is 0 Å². The monoisotopic (exact) mass is 349 g/mol. The van der Waals surface area contributed by atoms with Gasteiger partial charge < -0.3 is 10.2 Å². The summed E-state index contributed by atoms with van der Waals surface area (Å²) in [5, 5.41) is 7.41. The topological polar surface area (TPSA) is 88.8 Å². The average Bonchev–Trinajstić information content (AvgIpc) is 3.05. The molecule has 1 N–H and O–H groups in total. The highest BCUT2D eigenvalue weighted by atomic mass is 16.1. The van der Waals surface area contributed by atoms with E-state index in [2.05, 4.69) is 30.3 Å². The number of nitrogens with zero attached hydrogens (tertiary/aromatic N) is 6. The van der Waals surface area contributed by atoms with Crippen molar-refractivity contribution in [3.63, 3.8) is 0 Å². The Hall–Kier alpha value is -3.29. The van der Waals surface area contributed by atoms with Gasteiger partial charge in [-0.2, -0.15) is 5.10 Å². The van der Waals surface area contributed by atoms with Gasteiger partial charge >= 0.3 is 0 Å². The second-order valence-electron chi connectivity index (χ2n) is 6.25. The van der Waals surface area contributed by atoms with Crippen LogP contribution in [-0.4, -0.2) is 43.7 Å². The van der Waals surface area contributed by atoms with Crippen LogP contribution in [0.5, 0.6) is 0 Å². The predicted molar refractivity (Wildman–Crippen MR) is 95.4 cm³/mol. The van der Waals surface area contributed by atoms with Crippen LogP contribution in [0.25, 0.3) is 0 Å². The van der Waals surface area contributed by atoms with Crippen molar-refractivity contribution in [2.24, 2.45) is 5.92 Å². The highest BCUT2D eigenvalue weighted by molar-refractivity contribution is 5.93. The van der Waals surface area contributed by atoms with E-state index in [0.717, 1.165) is 18.8 Å². The van der Waals surface area contributed by atoms with Crippen molar-refractivity contribution in [3.8, 4) is 0 Å². The summed E-state index contributed by atoms with van der Waals surface area (Å²) < 4.78 is 1.99. The van der Waals surface area contributed by atoms with Gasteiger partial charge in [0.2, 0.25) is 5.95 Å². The smallest absolute Gasteiger partial charge is 0.252 e. The highest BCUT2D eigenvalue weighted by Crippen LogP contribution is 2.19. The first kappa shape index (κ1) is 16.2. The van der Waals surface area contributed by atoms with Gasteiger partial charge in [0, 0.05) is 56.5 Å². The van der Waals surface area contributed by atoms with Gasteiger partial charge in [-0.1, -0.05) is 0 Å². The molecule has 1 aliphatic heterocycles. The Balaban J connectivity index is 1.49. The minimum absolute atomic E-state index is 0.120. The van der Waals surface area contributed by atoms with Crippen LogP contribution >= 0.6 is 0 Å². The van der Waals surface area contributed by atoms with Crippen LogP contribution in [0.2, 0.25) is 0 Å². The first-order valence-electron chi connectivity index (χ1n) is 8.50. The number of nitrogens with one attached hydrogen (secondary N) is 1. The molecule has 3 aromatic rings. The third-order valence-corrected chi connectivity index (χ3v) is 4.38. The Morgan fingerprint density at radius 1 is 1.12 bits per heavy atom.